The van der Waals surface area contributed by atoms with Crippen molar-refractivity contribution in [3.05, 3.63) is 88.9 Å². The molecule has 0 saturated carbocycles. The first-order chi connectivity index (χ1) is 19.5. The lowest BCUT2D eigenvalue weighted by Crippen LogP contribution is -2.53. The van der Waals surface area contributed by atoms with Crippen molar-refractivity contribution in [2.24, 2.45) is 0 Å². The summed E-state index contributed by atoms with van der Waals surface area (Å²) in [5, 5.41) is 3.18. The summed E-state index contributed by atoms with van der Waals surface area (Å²) in [6.45, 7) is 7.23. The highest BCUT2D eigenvalue weighted by Crippen LogP contribution is 2.32. The fraction of sp³-hybridized carbons (Fsp3) is 0.355. The van der Waals surface area contributed by atoms with Crippen LogP contribution in [0.15, 0.2) is 77.7 Å². The van der Waals surface area contributed by atoms with E-state index in [0.29, 0.717) is 12.2 Å². The highest BCUT2D eigenvalue weighted by atomic mass is 35.5. The number of aryl methyl sites for hydroxylation is 1. The van der Waals surface area contributed by atoms with Crippen LogP contribution < -0.4 is 14.4 Å². The normalized spacial score (nSPS) is 12.7. The minimum atomic E-state index is -4.19. The summed E-state index contributed by atoms with van der Waals surface area (Å²) in [6.07, 6.45) is 1.08. The molecule has 0 aliphatic rings. The first-order valence-corrected chi connectivity index (χ1v) is 15.4. The second-order valence-corrected chi connectivity index (χ2v) is 12.1. The molecule has 0 unspecified atom stereocenters. The predicted molar refractivity (Wildman–Crippen MR) is 163 cm³/mol. The van der Waals surface area contributed by atoms with Crippen LogP contribution in [0.2, 0.25) is 5.02 Å². The van der Waals surface area contributed by atoms with E-state index in [1.807, 2.05) is 52.0 Å². The van der Waals surface area contributed by atoms with E-state index in [4.69, 9.17) is 16.3 Å². The number of rotatable bonds is 13. The molecule has 0 radical (unpaired) electrons. The van der Waals surface area contributed by atoms with Gasteiger partial charge in [-0.1, -0.05) is 67.9 Å². The number of amides is 2. The van der Waals surface area contributed by atoms with E-state index in [1.54, 1.807) is 24.3 Å². The van der Waals surface area contributed by atoms with Crippen molar-refractivity contribution in [3.63, 3.8) is 0 Å². The van der Waals surface area contributed by atoms with Gasteiger partial charge in [-0.3, -0.25) is 13.9 Å². The van der Waals surface area contributed by atoms with Crippen LogP contribution in [-0.4, -0.2) is 50.9 Å². The van der Waals surface area contributed by atoms with E-state index in [9.17, 15) is 18.0 Å². The van der Waals surface area contributed by atoms with E-state index >= 15 is 0 Å². The second kappa shape index (κ2) is 14.4. The third-order valence-electron chi connectivity index (χ3n) is 7.02. The maximum atomic E-state index is 14.2. The molecule has 0 spiro atoms. The molecule has 3 aromatic rings. The minimum absolute atomic E-state index is 0.0201. The van der Waals surface area contributed by atoms with Gasteiger partial charge < -0.3 is 15.0 Å². The van der Waals surface area contributed by atoms with Gasteiger partial charge in [-0.05, 0) is 68.1 Å². The molecule has 0 saturated heterocycles. The molecule has 0 aliphatic carbocycles. The van der Waals surface area contributed by atoms with Gasteiger partial charge in [0, 0.05) is 12.6 Å². The number of anilines is 1. The number of ether oxygens (including phenoxy) is 1. The van der Waals surface area contributed by atoms with Crippen LogP contribution in [0, 0.1) is 6.92 Å². The van der Waals surface area contributed by atoms with E-state index in [1.165, 1.54) is 36.3 Å². The van der Waals surface area contributed by atoms with Gasteiger partial charge in [0.05, 0.1) is 22.7 Å². The molecule has 10 heteroatoms. The lowest BCUT2D eigenvalue weighted by atomic mass is 10.1. The third-order valence-corrected chi connectivity index (χ3v) is 9.11. The maximum absolute atomic E-state index is 14.2. The van der Waals surface area contributed by atoms with Crippen molar-refractivity contribution < 1.29 is 22.7 Å². The Balaban J connectivity index is 2.09. The van der Waals surface area contributed by atoms with Crippen LogP contribution >= 0.6 is 11.6 Å². The van der Waals surface area contributed by atoms with Crippen molar-refractivity contribution in [2.75, 3.05) is 18.0 Å². The standard InChI is InChI=1S/C31H38ClN3O5S/c1-6-23(4)33-31(37)28(7-2)34(20-24-14-12-11-13-22(24)3)30(36)21-35(25-17-18-29(40-5)27(32)19-25)41(38,39)26-15-9-8-10-16-26/h8-19,23,28H,6-7,20-21H2,1-5H3,(H,33,37)/t23-,28-/m1/s1. The van der Waals surface area contributed by atoms with Crippen molar-refractivity contribution in [1.29, 1.82) is 0 Å². The smallest absolute Gasteiger partial charge is 0.264 e. The molecule has 0 bridgehead atoms. The second-order valence-electron chi connectivity index (χ2n) is 9.83. The molecule has 3 aromatic carbocycles. The van der Waals surface area contributed by atoms with Crippen LogP contribution in [0.1, 0.15) is 44.7 Å². The quantitative estimate of drug-likeness (QED) is 0.277. The zero-order valence-corrected chi connectivity index (χ0v) is 25.7. The lowest BCUT2D eigenvalue weighted by Gasteiger charge is -2.34. The van der Waals surface area contributed by atoms with Crippen molar-refractivity contribution in [1.82, 2.24) is 10.2 Å². The molecular formula is C31H38ClN3O5S. The molecule has 0 aliphatic heterocycles. The Bertz CT molecular complexity index is 1450. The first kappa shape index (κ1) is 32.0. The van der Waals surface area contributed by atoms with E-state index < -0.39 is 28.5 Å². The van der Waals surface area contributed by atoms with Crippen LogP contribution in [0.4, 0.5) is 5.69 Å². The third kappa shape index (κ3) is 7.80. The van der Waals surface area contributed by atoms with Crippen LogP contribution in [-0.2, 0) is 26.2 Å². The number of nitrogens with one attached hydrogen (secondary N) is 1. The first-order valence-electron chi connectivity index (χ1n) is 13.6. The summed E-state index contributed by atoms with van der Waals surface area (Å²) in [5.74, 6) is -0.438. The molecule has 0 aromatic heterocycles. The summed E-state index contributed by atoms with van der Waals surface area (Å²) >= 11 is 6.38. The van der Waals surface area contributed by atoms with Crippen molar-refractivity contribution in [2.45, 2.75) is 64.1 Å². The topological polar surface area (TPSA) is 96.0 Å². The number of carbonyl (C=O) groups is 2. The number of benzene rings is 3. The number of nitrogens with zero attached hydrogens (tertiary/aromatic N) is 2. The average molecular weight is 600 g/mol. The van der Waals surface area contributed by atoms with Crippen LogP contribution in [0.5, 0.6) is 5.75 Å². The van der Waals surface area contributed by atoms with Crippen molar-refractivity contribution >= 4 is 39.1 Å². The molecule has 2 amide bonds. The van der Waals surface area contributed by atoms with Crippen LogP contribution in [0.25, 0.3) is 0 Å². The number of carbonyl (C=O) groups excluding carboxylic acids is 2. The number of sulfonamides is 1. The predicted octanol–water partition coefficient (Wildman–Crippen LogP) is 5.57. The molecule has 0 heterocycles. The zero-order chi connectivity index (χ0) is 30.2. The molecule has 41 heavy (non-hydrogen) atoms. The Hall–Kier alpha value is -3.56. The molecule has 1 N–H and O–H groups in total. The van der Waals surface area contributed by atoms with Gasteiger partial charge in [-0.15, -0.1) is 0 Å². The molecule has 220 valence electrons. The fourth-order valence-electron chi connectivity index (χ4n) is 4.39. The number of halogens is 1. The van der Waals surface area contributed by atoms with Gasteiger partial charge in [-0.2, -0.15) is 0 Å². The number of hydrogen-bond acceptors (Lipinski definition) is 5. The Morgan fingerprint density at radius 3 is 2.22 bits per heavy atom. The number of methoxy groups -OCH3 is 1. The van der Waals surface area contributed by atoms with E-state index in [-0.39, 0.29) is 34.1 Å². The van der Waals surface area contributed by atoms with Crippen molar-refractivity contribution in [3.8, 4) is 5.75 Å². The van der Waals surface area contributed by atoms with Gasteiger partial charge in [-0.25, -0.2) is 8.42 Å². The summed E-state index contributed by atoms with van der Waals surface area (Å²) < 4.78 is 34.1. The summed E-state index contributed by atoms with van der Waals surface area (Å²) in [5.41, 5.74) is 2.01. The summed E-state index contributed by atoms with van der Waals surface area (Å²) in [6, 6.07) is 19.1. The van der Waals surface area contributed by atoms with Crippen LogP contribution in [0.3, 0.4) is 0 Å². The molecular weight excluding hydrogens is 562 g/mol. The Morgan fingerprint density at radius 1 is 0.976 bits per heavy atom. The number of hydrogen-bond donors (Lipinski definition) is 1. The Kier molecular flexibility index (Phi) is 11.2. The minimum Gasteiger partial charge on any atom is -0.495 e. The largest absolute Gasteiger partial charge is 0.495 e. The van der Waals surface area contributed by atoms with Gasteiger partial charge in [0.25, 0.3) is 10.0 Å². The summed E-state index contributed by atoms with van der Waals surface area (Å²) in [7, 11) is -2.73. The SMILES string of the molecule is CC[C@@H](C)NC(=O)[C@@H](CC)N(Cc1ccccc1C)C(=O)CN(c1ccc(OC)c(Cl)c1)S(=O)(=O)c1ccccc1. The van der Waals surface area contributed by atoms with Gasteiger partial charge >= 0.3 is 0 Å². The maximum Gasteiger partial charge on any atom is 0.264 e. The Morgan fingerprint density at radius 2 is 1.63 bits per heavy atom. The molecule has 3 rings (SSSR count). The average Bonchev–Trinajstić information content (AvgIpc) is 2.96. The fourth-order valence-corrected chi connectivity index (χ4v) is 6.07. The van der Waals surface area contributed by atoms with Gasteiger partial charge in [0.2, 0.25) is 11.8 Å². The highest BCUT2D eigenvalue weighted by molar-refractivity contribution is 7.92. The summed E-state index contributed by atoms with van der Waals surface area (Å²) in [4.78, 5) is 29.0. The van der Waals surface area contributed by atoms with Gasteiger partial charge in [0.1, 0.15) is 18.3 Å². The Labute approximate surface area is 248 Å². The van der Waals surface area contributed by atoms with Gasteiger partial charge in [0.15, 0.2) is 0 Å². The zero-order valence-electron chi connectivity index (χ0n) is 24.1. The molecule has 2 atom stereocenters. The van der Waals surface area contributed by atoms with E-state index in [2.05, 4.69) is 5.32 Å². The monoisotopic (exact) mass is 599 g/mol. The lowest BCUT2D eigenvalue weighted by molar-refractivity contribution is -0.140. The molecule has 0 fully saturated rings. The van der Waals surface area contributed by atoms with E-state index in [0.717, 1.165) is 21.9 Å². The molecule has 8 nitrogen and oxygen atoms in total. The highest BCUT2D eigenvalue weighted by Gasteiger charge is 2.34.